The van der Waals surface area contributed by atoms with Gasteiger partial charge in [0.15, 0.2) is 0 Å². The molecule has 0 heterocycles. The van der Waals surface area contributed by atoms with Gasteiger partial charge in [0, 0.05) is 10.7 Å². The molecule has 0 saturated carbocycles. The van der Waals surface area contributed by atoms with Gasteiger partial charge in [0.2, 0.25) is 9.05 Å². The average molecular weight is 449 g/mol. The molecular weight excluding hydrogens is 427 g/mol. The lowest BCUT2D eigenvalue weighted by Gasteiger charge is -2.06. The number of methoxy groups -OCH3 is 1. The van der Waals surface area contributed by atoms with Gasteiger partial charge >= 0.3 is 0 Å². The predicted molar refractivity (Wildman–Crippen MR) is 96.5 cm³/mol. The van der Waals surface area contributed by atoms with Gasteiger partial charge < -0.3 is 9.47 Å². The van der Waals surface area contributed by atoms with Crippen molar-refractivity contribution >= 4 is 42.3 Å². The van der Waals surface area contributed by atoms with Crippen LogP contribution in [0.15, 0.2) is 24.3 Å². The van der Waals surface area contributed by atoms with Crippen LogP contribution in [0.5, 0.6) is 11.5 Å². The molecule has 122 valence electrons. The van der Waals surface area contributed by atoms with Crippen LogP contribution in [0.1, 0.15) is 25.7 Å². The Bertz CT molecular complexity index is 454. The van der Waals surface area contributed by atoms with Gasteiger partial charge in [0.1, 0.15) is 11.5 Å². The molecule has 4 nitrogen and oxygen atoms in total. The Morgan fingerprint density at radius 3 is 2.00 bits per heavy atom. The van der Waals surface area contributed by atoms with E-state index in [9.17, 15) is 8.42 Å². The van der Waals surface area contributed by atoms with Crippen LogP contribution in [0.3, 0.4) is 0 Å². The zero-order chi connectivity index (χ0) is 16.1. The van der Waals surface area contributed by atoms with Crippen molar-refractivity contribution in [1.29, 1.82) is 0 Å². The molecule has 1 aromatic carbocycles. The zero-order valence-electron chi connectivity index (χ0n) is 12.3. The van der Waals surface area contributed by atoms with Crippen molar-refractivity contribution in [3.05, 3.63) is 24.3 Å². The largest absolute Gasteiger partial charge is 0.497 e. The Kier molecular flexibility index (Phi) is 12.2. The lowest BCUT2D eigenvalue weighted by molar-refractivity contribution is 0.304. The van der Waals surface area contributed by atoms with E-state index in [2.05, 4.69) is 33.3 Å². The fourth-order valence-corrected chi connectivity index (χ4v) is 1.95. The Balaban J connectivity index is 0.000000690. The molecule has 0 radical (unpaired) electrons. The predicted octanol–water partition coefficient (Wildman–Crippen LogP) is 4.25. The fraction of sp³-hybridized carbons (Fsp3) is 0.571. The highest BCUT2D eigenvalue weighted by molar-refractivity contribution is 14.1. The van der Waals surface area contributed by atoms with E-state index in [1.165, 1.54) is 23.7 Å². The summed E-state index contributed by atoms with van der Waals surface area (Å²) in [6, 6.07) is 7.74. The van der Waals surface area contributed by atoms with Crippen molar-refractivity contribution in [3.8, 4) is 11.5 Å². The molecule has 0 aliphatic rings. The zero-order valence-corrected chi connectivity index (χ0v) is 16.1. The fourth-order valence-electron chi connectivity index (χ4n) is 1.41. The second-order valence-corrected chi connectivity index (χ2v) is 8.43. The molecule has 0 unspecified atom stereocenters. The lowest BCUT2D eigenvalue weighted by Crippen LogP contribution is -1.97. The van der Waals surface area contributed by atoms with E-state index in [0.717, 1.165) is 30.8 Å². The van der Waals surface area contributed by atoms with Gasteiger partial charge in [-0.1, -0.05) is 35.4 Å². The molecule has 0 fully saturated rings. The van der Waals surface area contributed by atoms with Crippen molar-refractivity contribution in [2.45, 2.75) is 25.7 Å². The average Bonchev–Trinajstić information content (AvgIpc) is 2.41. The van der Waals surface area contributed by atoms with Crippen LogP contribution < -0.4 is 9.47 Å². The van der Waals surface area contributed by atoms with E-state index >= 15 is 0 Å². The van der Waals surface area contributed by atoms with Crippen LogP contribution in [0.4, 0.5) is 0 Å². The van der Waals surface area contributed by atoms with Crippen molar-refractivity contribution < 1.29 is 17.9 Å². The number of unbranched alkanes of at least 4 members (excludes halogenated alkanes) is 3. The molecule has 0 atom stereocenters. The molecule has 1 aromatic rings. The van der Waals surface area contributed by atoms with E-state index in [-0.39, 0.29) is 0 Å². The van der Waals surface area contributed by atoms with Crippen molar-refractivity contribution in [3.63, 3.8) is 0 Å². The van der Waals surface area contributed by atoms with Crippen LogP contribution in [0.2, 0.25) is 0 Å². The first kappa shape index (κ1) is 20.8. The minimum absolute atomic E-state index is 0.813. The third-order valence-corrected chi connectivity index (χ3v) is 3.12. The standard InChI is InChI=1S/C13H19IO2.CH3ClO2S/c1-15-12-6-8-13(9-7-12)16-11-5-3-2-4-10-14;1-5(2,3)4/h6-9H,2-5,10-11H2,1H3;1H3. The molecule has 0 bridgehead atoms. The summed E-state index contributed by atoms with van der Waals surface area (Å²) in [6.45, 7) is 0.813. The van der Waals surface area contributed by atoms with Crippen LogP contribution in [-0.2, 0) is 9.05 Å². The number of rotatable bonds is 8. The molecule has 0 aromatic heterocycles. The number of alkyl halides is 1. The van der Waals surface area contributed by atoms with E-state index in [1.807, 2.05) is 24.3 Å². The second kappa shape index (κ2) is 12.3. The first-order chi connectivity index (χ1) is 9.86. The molecule has 0 spiro atoms. The Hall–Kier alpha value is -0.210. The molecule has 21 heavy (non-hydrogen) atoms. The SMILES string of the molecule is COc1ccc(OCCCCCCI)cc1.CS(=O)(=O)Cl. The number of hydrogen-bond acceptors (Lipinski definition) is 4. The minimum Gasteiger partial charge on any atom is -0.497 e. The summed E-state index contributed by atoms with van der Waals surface area (Å²) in [4.78, 5) is 0. The highest BCUT2D eigenvalue weighted by atomic mass is 127. The molecule has 0 aliphatic carbocycles. The quantitative estimate of drug-likeness (QED) is 0.258. The molecule has 0 aliphatic heterocycles. The molecule has 0 amide bonds. The lowest BCUT2D eigenvalue weighted by atomic mass is 10.2. The number of hydrogen-bond donors (Lipinski definition) is 0. The molecule has 0 N–H and O–H groups in total. The monoisotopic (exact) mass is 448 g/mol. The van der Waals surface area contributed by atoms with Gasteiger partial charge in [-0.3, -0.25) is 0 Å². The summed E-state index contributed by atoms with van der Waals surface area (Å²) in [7, 11) is 2.98. The second-order valence-electron chi connectivity index (χ2n) is 4.31. The van der Waals surface area contributed by atoms with Gasteiger partial charge in [0.25, 0.3) is 0 Å². The van der Waals surface area contributed by atoms with Crippen LogP contribution in [0.25, 0.3) is 0 Å². The summed E-state index contributed by atoms with van der Waals surface area (Å²) in [5.41, 5.74) is 0. The van der Waals surface area contributed by atoms with Crippen LogP contribution in [0, 0.1) is 0 Å². The maximum absolute atomic E-state index is 9.40. The molecular formula is C14H22ClIO4S. The van der Waals surface area contributed by atoms with E-state index in [4.69, 9.17) is 9.47 Å². The van der Waals surface area contributed by atoms with Gasteiger partial charge in [0.05, 0.1) is 20.0 Å². The van der Waals surface area contributed by atoms with E-state index < -0.39 is 9.05 Å². The summed E-state index contributed by atoms with van der Waals surface area (Å²) >= 11 is 2.42. The topological polar surface area (TPSA) is 52.6 Å². The summed E-state index contributed by atoms with van der Waals surface area (Å²) in [6.07, 6.45) is 5.97. The van der Waals surface area contributed by atoms with Gasteiger partial charge in [-0.05, 0) is 41.5 Å². The highest BCUT2D eigenvalue weighted by Gasteiger charge is 1.95. The number of benzene rings is 1. The minimum atomic E-state index is -3.19. The molecule has 1 rings (SSSR count). The number of halogens is 2. The maximum Gasteiger partial charge on any atom is 0.229 e. The summed E-state index contributed by atoms with van der Waals surface area (Å²) in [5.74, 6) is 1.80. The first-order valence-electron chi connectivity index (χ1n) is 6.59. The van der Waals surface area contributed by atoms with Crippen molar-refractivity contribution in [1.82, 2.24) is 0 Å². The van der Waals surface area contributed by atoms with E-state index in [1.54, 1.807) is 7.11 Å². The smallest absolute Gasteiger partial charge is 0.229 e. The van der Waals surface area contributed by atoms with Crippen molar-refractivity contribution in [2.24, 2.45) is 0 Å². The van der Waals surface area contributed by atoms with Crippen molar-refractivity contribution in [2.75, 3.05) is 24.4 Å². The Morgan fingerprint density at radius 1 is 1.05 bits per heavy atom. The van der Waals surface area contributed by atoms with Gasteiger partial charge in [-0.2, -0.15) is 0 Å². The normalized spacial score (nSPS) is 10.5. The van der Waals surface area contributed by atoms with E-state index in [0.29, 0.717) is 0 Å². The number of ether oxygens (including phenoxy) is 2. The van der Waals surface area contributed by atoms with Crippen LogP contribution >= 0.6 is 33.3 Å². The molecule has 0 saturated heterocycles. The van der Waals surface area contributed by atoms with Gasteiger partial charge in [-0.25, -0.2) is 8.42 Å². The van der Waals surface area contributed by atoms with Crippen LogP contribution in [-0.4, -0.2) is 32.8 Å². The first-order valence-corrected chi connectivity index (χ1v) is 10.8. The molecule has 7 heteroatoms. The Labute approximate surface area is 145 Å². The third kappa shape index (κ3) is 16.0. The highest BCUT2D eigenvalue weighted by Crippen LogP contribution is 2.17. The maximum atomic E-state index is 9.40. The van der Waals surface area contributed by atoms with Gasteiger partial charge in [-0.15, -0.1) is 0 Å². The summed E-state index contributed by atoms with van der Waals surface area (Å²) in [5, 5.41) is 0. The summed E-state index contributed by atoms with van der Waals surface area (Å²) < 4.78 is 30.8. The third-order valence-electron chi connectivity index (χ3n) is 2.36. The Morgan fingerprint density at radius 2 is 1.52 bits per heavy atom.